The maximum atomic E-state index is 11.2. The second-order valence-electron chi connectivity index (χ2n) is 3.40. The van der Waals surface area contributed by atoms with E-state index < -0.39 is 0 Å². The van der Waals surface area contributed by atoms with Crippen LogP contribution in [0.25, 0.3) is 0 Å². The third-order valence-electron chi connectivity index (χ3n) is 2.10. The van der Waals surface area contributed by atoms with E-state index in [0.717, 1.165) is 18.4 Å². The van der Waals surface area contributed by atoms with Gasteiger partial charge in [0.15, 0.2) is 0 Å². The maximum Gasteiger partial charge on any atom is 0.325 e. The largest absolute Gasteiger partial charge is 0.465 e. The van der Waals surface area contributed by atoms with Gasteiger partial charge in [0, 0.05) is 5.56 Å². The highest BCUT2D eigenvalue weighted by Gasteiger charge is 2.10. The Hall–Kier alpha value is -1.36. The zero-order valence-electron chi connectivity index (χ0n) is 9.99. The second kappa shape index (κ2) is 7.06. The highest BCUT2D eigenvalue weighted by Crippen LogP contribution is 2.21. The topological polar surface area (TPSA) is 64.1 Å². The molecule has 1 N–H and O–H groups in total. The summed E-state index contributed by atoms with van der Waals surface area (Å²) in [5.74, 6) is 0.282. The van der Waals surface area contributed by atoms with Gasteiger partial charge in [0.25, 0.3) is 0 Å². The van der Waals surface area contributed by atoms with Crippen LogP contribution in [0.2, 0.25) is 5.15 Å². The Bertz CT molecular complexity index is 385. The molecule has 0 aromatic carbocycles. The summed E-state index contributed by atoms with van der Waals surface area (Å²) in [5.41, 5.74) is 0.834. The molecule has 0 fully saturated rings. The van der Waals surface area contributed by atoms with Gasteiger partial charge in [-0.3, -0.25) is 4.79 Å². The molecule has 5 nitrogen and oxygen atoms in total. The number of nitrogens with zero attached hydrogens (tertiary/aromatic N) is 2. The first-order valence-corrected chi connectivity index (χ1v) is 5.95. The van der Waals surface area contributed by atoms with Crippen LogP contribution in [0.3, 0.4) is 0 Å². The molecule has 1 rings (SSSR count). The first-order chi connectivity index (χ1) is 8.19. The second-order valence-corrected chi connectivity index (χ2v) is 3.76. The minimum atomic E-state index is -0.315. The third-order valence-corrected chi connectivity index (χ3v) is 2.42. The average molecular weight is 258 g/mol. The molecule has 6 heteroatoms. The quantitative estimate of drug-likeness (QED) is 0.624. The Kier molecular flexibility index (Phi) is 5.69. The summed E-state index contributed by atoms with van der Waals surface area (Å²) in [5, 5.41) is 3.34. The van der Waals surface area contributed by atoms with Gasteiger partial charge in [-0.05, 0) is 13.3 Å². The van der Waals surface area contributed by atoms with Crippen LogP contribution in [0.5, 0.6) is 0 Å². The molecule has 1 aromatic rings. The summed E-state index contributed by atoms with van der Waals surface area (Å²) in [6.07, 6.45) is 3.07. The standard InChI is InChI=1S/C11H16ClN3O2/c1-3-5-8-10(12)14-7-15-11(8)13-6-9(16)17-4-2/h7H,3-6H2,1-2H3,(H,13,14,15). The van der Waals surface area contributed by atoms with Crippen LogP contribution < -0.4 is 5.32 Å². The van der Waals surface area contributed by atoms with Gasteiger partial charge in [-0.2, -0.15) is 0 Å². The van der Waals surface area contributed by atoms with Crippen LogP contribution in [0.15, 0.2) is 6.33 Å². The van der Waals surface area contributed by atoms with E-state index in [9.17, 15) is 4.79 Å². The number of carbonyl (C=O) groups is 1. The van der Waals surface area contributed by atoms with E-state index in [0.29, 0.717) is 17.6 Å². The van der Waals surface area contributed by atoms with Gasteiger partial charge in [-0.1, -0.05) is 24.9 Å². The molecule has 0 saturated heterocycles. The molecule has 0 atom stereocenters. The predicted octanol–water partition coefficient (Wildman–Crippen LogP) is 2.06. The lowest BCUT2D eigenvalue weighted by Crippen LogP contribution is -2.18. The van der Waals surface area contributed by atoms with Gasteiger partial charge in [0.05, 0.1) is 6.61 Å². The van der Waals surface area contributed by atoms with Crippen molar-refractivity contribution in [1.82, 2.24) is 9.97 Å². The van der Waals surface area contributed by atoms with Crippen LogP contribution in [-0.4, -0.2) is 29.1 Å². The van der Waals surface area contributed by atoms with Crippen molar-refractivity contribution in [3.63, 3.8) is 0 Å². The lowest BCUT2D eigenvalue weighted by molar-refractivity contribution is -0.140. The zero-order valence-corrected chi connectivity index (χ0v) is 10.8. The van der Waals surface area contributed by atoms with Crippen molar-refractivity contribution >= 4 is 23.4 Å². The van der Waals surface area contributed by atoms with Crippen LogP contribution in [-0.2, 0) is 16.0 Å². The Morgan fingerprint density at radius 3 is 2.88 bits per heavy atom. The number of halogens is 1. The first-order valence-electron chi connectivity index (χ1n) is 5.57. The van der Waals surface area contributed by atoms with Crippen molar-refractivity contribution in [2.75, 3.05) is 18.5 Å². The highest BCUT2D eigenvalue weighted by molar-refractivity contribution is 6.30. The van der Waals surface area contributed by atoms with Crippen LogP contribution >= 0.6 is 11.6 Å². The molecular formula is C11H16ClN3O2. The molecule has 0 aliphatic heterocycles. The highest BCUT2D eigenvalue weighted by atomic mass is 35.5. The van der Waals surface area contributed by atoms with Crippen molar-refractivity contribution < 1.29 is 9.53 Å². The lowest BCUT2D eigenvalue weighted by Gasteiger charge is -2.10. The lowest BCUT2D eigenvalue weighted by atomic mass is 10.2. The summed E-state index contributed by atoms with van der Waals surface area (Å²) in [7, 11) is 0. The Labute approximate surface area is 106 Å². The summed E-state index contributed by atoms with van der Waals surface area (Å²) < 4.78 is 4.82. The summed E-state index contributed by atoms with van der Waals surface area (Å²) in [4.78, 5) is 19.2. The number of rotatable bonds is 6. The molecule has 0 saturated carbocycles. The molecule has 0 aliphatic rings. The minimum Gasteiger partial charge on any atom is -0.465 e. The monoisotopic (exact) mass is 257 g/mol. The van der Waals surface area contributed by atoms with E-state index in [2.05, 4.69) is 15.3 Å². The fourth-order valence-corrected chi connectivity index (χ4v) is 1.61. The fraction of sp³-hybridized carbons (Fsp3) is 0.545. The Morgan fingerprint density at radius 2 is 2.24 bits per heavy atom. The molecule has 0 unspecified atom stereocenters. The van der Waals surface area contributed by atoms with Crippen molar-refractivity contribution in [2.45, 2.75) is 26.7 Å². The van der Waals surface area contributed by atoms with Crippen LogP contribution in [0, 0.1) is 0 Å². The summed E-state index contributed by atoms with van der Waals surface area (Å²) >= 11 is 5.98. The number of anilines is 1. The van der Waals surface area contributed by atoms with Crippen molar-refractivity contribution in [3.05, 3.63) is 17.0 Å². The van der Waals surface area contributed by atoms with Crippen LogP contribution in [0.1, 0.15) is 25.8 Å². The van der Waals surface area contributed by atoms with Crippen molar-refractivity contribution in [1.29, 1.82) is 0 Å². The van der Waals surface area contributed by atoms with Gasteiger partial charge in [-0.15, -0.1) is 0 Å². The zero-order chi connectivity index (χ0) is 12.7. The number of hydrogen-bond acceptors (Lipinski definition) is 5. The molecule has 1 heterocycles. The number of carbonyl (C=O) groups excluding carboxylic acids is 1. The van der Waals surface area contributed by atoms with E-state index in [1.165, 1.54) is 6.33 Å². The van der Waals surface area contributed by atoms with E-state index in [1.807, 2.05) is 6.92 Å². The molecular weight excluding hydrogens is 242 g/mol. The molecule has 0 spiro atoms. The third kappa shape index (κ3) is 4.19. The van der Waals surface area contributed by atoms with E-state index in [-0.39, 0.29) is 12.5 Å². The number of esters is 1. The van der Waals surface area contributed by atoms with E-state index in [1.54, 1.807) is 6.92 Å². The number of aromatic nitrogens is 2. The van der Waals surface area contributed by atoms with Gasteiger partial charge in [0.1, 0.15) is 23.8 Å². The smallest absolute Gasteiger partial charge is 0.325 e. The molecule has 0 aliphatic carbocycles. The van der Waals surface area contributed by atoms with Crippen molar-refractivity contribution in [3.8, 4) is 0 Å². The maximum absolute atomic E-state index is 11.2. The number of nitrogens with one attached hydrogen (secondary N) is 1. The van der Waals surface area contributed by atoms with Crippen molar-refractivity contribution in [2.24, 2.45) is 0 Å². The normalized spacial score (nSPS) is 10.1. The minimum absolute atomic E-state index is 0.0812. The SMILES string of the molecule is CCCc1c(Cl)ncnc1NCC(=O)OCC. The van der Waals surface area contributed by atoms with Gasteiger partial charge < -0.3 is 10.1 Å². The molecule has 0 amide bonds. The van der Waals surface area contributed by atoms with Crippen LogP contribution in [0.4, 0.5) is 5.82 Å². The van der Waals surface area contributed by atoms with Gasteiger partial charge in [0.2, 0.25) is 0 Å². The molecule has 17 heavy (non-hydrogen) atoms. The van der Waals surface area contributed by atoms with Gasteiger partial charge >= 0.3 is 5.97 Å². The van der Waals surface area contributed by atoms with Gasteiger partial charge in [-0.25, -0.2) is 9.97 Å². The number of hydrogen-bond donors (Lipinski definition) is 1. The Balaban J connectivity index is 2.69. The number of ether oxygens (including phenoxy) is 1. The van der Waals surface area contributed by atoms with E-state index in [4.69, 9.17) is 16.3 Å². The predicted molar refractivity (Wildman–Crippen MR) is 66.2 cm³/mol. The molecule has 0 bridgehead atoms. The fourth-order valence-electron chi connectivity index (χ4n) is 1.38. The first kappa shape index (κ1) is 13.7. The molecule has 0 radical (unpaired) electrons. The molecule has 94 valence electrons. The van der Waals surface area contributed by atoms with E-state index >= 15 is 0 Å². The Morgan fingerprint density at radius 1 is 1.47 bits per heavy atom. The summed E-state index contributed by atoms with van der Waals surface area (Å²) in [6.45, 7) is 4.26. The summed E-state index contributed by atoms with van der Waals surface area (Å²) in [6, 6.07) is 0. The molecule has 1 aromatic heterocycles. The average Bonchev–Trinajstić information content (AvgIpc) is 2.30.